The Hall–Kier alpha value is -1.56. The highest BCUT2D eigenvalue weighted by Gasteiger charge is 2.15. The molecular weight excluding hydrogens is 297 g/mol. The van der Waals surface area contributed by atoms with Crippen LogP contribution in [0.4, 0.5) is 10.1 Å². The van der Waals surface area contributed by atoms with Gasteiger partial charge >= 0.3 is 0 Å². The molecule has 22 heavy (non-hydrogen) atoms. The SMILES string of the molecule is NCc1ccc(Sc2ccc(F)cc2)c(N2CCNCC2)c1. The Labute approximate surface area is 134 Å². The summed E-state index contributed by atoms with van der Waals surface area (Å²) in [7, 11) is 0. The van der Waals surface area contributed by atoms with Gasteiger partial charge in [-0.05, 0) is 42.0 Å². The summed E-state index contributed by atoms with van der Waals surface area (Å²) in [5.74, 6) is -0.204. The maximum Gasteiger partial charge on any atom is 0.123 e. The van der Waals surface area contributed by atoms with Gasteiger partial charge in [-0.3, -0.25) is 0 Å². The van der Waals surface area contributed by atoms with E-state index in [-0.39, 0.29) is 5.82 Å². The normalized spacial score (nSPS) is 15.1. The zero-order valence-electron chi connectivity index (χ0n) is 12.4. The van der Waals surface area contributed by atoms with Gasteiger partial charge in [0.15, 0.2) is 0 Å². The van der Waals surface area contributed by atoms with Crippen LogP contribution < -0.4 is 16.0 Å². The topological polar surface area (TPSA) is 41.3 Å². The van der Waals surface area contributed by atoms with E-state index in [2.05, 4.69) is 28.4 Å². The number of anilines is 1. The first kappa shape index (κ1) is 15.3. The van der Waals surface area contributed by atoms with Crippen molar-refractivity contribution in [2.24, 2.45) is 5.73 Å². The van der Waals surface area contributed by atoms with Crippen molar-refractivity contribution in [1.82, 2.24) is 5.32 Å². The first-order valence-corrected chi connectivity index (χ1v) is 8.30. The predicted octanol–water partition coefficient (Wildman–Crippen LogP) is 2.85. The number of hydrogen-bond acceptors (Lipinski definition) is 4. The van der Waals surface area contributed by atoms with Crippen LogP contribution in [-0.2, 0) is 6.54 Å². The molecule has 3 N–H and O–H groups in total. The van der Waals surface area contributed by atoms with E-state index in [1.54, 1.807) is 11.8 Å². The Kier molecular flexibility index (Phi) is 4.97. The number of halogens is 1. The van der Waals surface area contributed by atoms with Crippen molar-refractivity contribution in [3.8, 4) is 0 Å². The Morgan fingerprint density at radius 2 is 1.82 bits per heavy atom. The van der Waals surface area contributed by atoms with Crippen LogP contribution >= 0.6 is 11.8 Å². The van der Waals surface area contributed by atoms with E-state index in [4.69, 9.17) is 5.73 Å². The van der Waals surface area contributed by atoms with E-state index in [0.29, 0.717) is 6.54 Å². The summed E-state index contributed by atoms with van der Waals surface area (Å²) in [4.78, 5) is 4.62. The van der Waals surface area contributed by atoms with Gasteiger partial charge in [0.25, 0.3) is 0 Å². The molecule has 0 spiro atoms. The standard InChI is InChI=1S/C17H20FN3S/c18-14-2-4-15(5-3-14)22-17-6-1-13(12-19)11-16(17)21-9-7-20-8-10-21/h1-6,11,20H,7-10,12,19H2. The van der Waals surface area contributed by atoms with Gasteiger partial charge in [0.1, 0.15) is 5.82 Å². The highest BCUT2D eigenvalue weighted by molar-refractivity contribution is 7.99. The molecule has 2 aromatic rings. The van der Waals surface area contributed by atoms with Gasteiger partial charge in [-0.15, -0.1) is 0 Å². The third kappa shape index (κ3) is 3.61. The molecule has 0 unspecified atom stereocenters. The number of rotatable bonds is 4. The molecule has 0 amide bonds. The lowest BCUT2D eigenvalue weighted by molar-refractivity contribution is 0.586. The fourth-order valence-electron chi connectivity index (χ4n) is 2.56. The van der Waals surface area contributed by atoms with Gasteiger partial charge in [-0.1, -0.05) is 17.8 Å². The average molecular weight is 317 g/mol. The molecule has 0 radical (unpaired) electrons. The Balaban J connectivity index is 1.89. The molecule has 0 bridgehead atoms. The summed E-state index contributed by atoms with van der Waals surface area (Å²) in [5, 5.41) is 3.37. The van der Waals surface area contributed by atoms with Gasteiger partial charge in [0.2, 0.25) is 0 Å². The summed E-state index contributed by atoms with van der Waals surface area (Å²) in [6.07, 6.45) is 0. The minimum atomic E-state index is -0.204. The molecule has 5 heteroatoms. The van der Waals surface area contributed by atoms with Crippen LogP contribution in [0.15, 0.2) is 52.3 Å². The van der Waals surface area contributed by atoms with Gasteiger partial charge in [-0.25, -0.2) is 4.39 Å². The number of hydrogen-bond donors (Lipinski definition) is 2. The summed E-state index contributed by atoms with van der Waals surface area (Å²) < 4.78 is 13.1. The van der Waals surface area contributed by atoms with E-state index in [1.165, 1.54) is 22.7 Å². The number of nitrogens with two attached hydrogens (primary N) is 1. The Morgan fingerprint density at radius 1 is 1.09 bits per heavy atom. The summed E-state index contributed by atoms with van der Waals surface area (Å²) in [6.45, 7) is 4.51. The van der Waals surface area contributed by atoms with Crippen LogP contribution in [0.1, 0.15) is 5.56 Å². The largest absolute Gasteiger partial charge is 0.368 e. The molecule has 1 saturated heterocycles. The number of piperazine rings is 1. The molecule has 1 aliphatic rings. The highest BCUT2D eigenvalue weighted by atomic mass is 32.2. The van der Waals surface area contributed by atoms with Gasteiger partial charge < -0.3 is 16.0 Å². The van der Waals surface area contributed by atoms with Crippen molar-refractivity contribution in [2.45, 2.75) is 16.3 Å². The van der Waals surface area contributed by atoms with E-state index in [0.717, 1.165) is 36.6 Å². The van der Waals surface area contributed by atoms with Crippen molar-refractivity contribution in [3.63, 3.8) is 0 Å². The Bertz CT molecular complexity index is 624. The lowest BCUT2D eigenvalue weighted by Gasteiger charge is -2.31. The molecule has 116 valence electrons. The number of nitrogens with one attached hydrogen (secondary N) is 1. The first-order chi connectivity index (χ1) is 10.8. The second kappa shape index (κ2) is 7.13. The minimum absolute atomic E-state index is 0.204. The quantitative estimate of drug-likeness (QED) is 0.910. The highest BCUT2D eigenvalue weighted by Crippen LogP contribution is 2.36. The van der Waals surface area contributed by atoms with Crippen molar-refractivity contribution in [1.29, 1.82) is 0 Å². The second-order valence-corrected chi connectivity index (χ2v) is 6.41. The maximum atomic E-state index is 13.1. The lowest BCUT2D eigenvalue weighted by Crippen LogP contribution is -2.43. The van der Waals surface area contributed by atoms with Crippen molar-refractivity contribution < 1.29 is 4.39 Å². The van der Waals surface area contributed by atoms with Crippen LogP contribution in [0.3, 0.4) is 0 Å². The fraction of sp³-hybridized carbons (Fsp3) is 0.294. The van der Waals surface area contributed by atoms with Crippen LogP contribution in [0.25, 0.3) is 0 Å². The number of nitrogens with zero attached hydrogens (tertiary/aromatic N) is 1. The molecule has 0 aromatic heterocycles. The van der Waals surface area contributed by atoms with Crippen LogP contribution in [0, 0.1) is 5.82 Å². The van der Waals surface area contributed by atoms with E-state index >= 15 is 0 Å². The molecular formula is C17H20FN3S. The molecule has 1 aliphatic heterocycles. The summed E-state index contributed by atoms with van der Waals surface area (Å²) >= 11 is 1.67. The third-order valence-corrected chi connectivity index (χ3v) is 4.83. The van der Waals surface area contributed by atoms with Crippen molar-refractivity contribution in [3.05, 3.63) is 53.8 Å². The molecule has 3 rings (SSSR count). The van der Waals surface area contributed by atoms with Gasteiger partial charge in [-0.2, -0.15) is 0 Å². The molecule has 3 nitrogen and oxygen atoms in total. The maximum absolute atomic E-state index is 13.1. The van der Waals surface area contributed by atoms with Gasteiger partial charge in [0.05, 0.1) is 5.69 Å². The summed E-state index contributed by atoms with van der Waals surface area (Å²) in [6, 6.07) is 13.0. The van der Waals surface area contributed by atoms with Crippen molar-refractivity contribution >= 4 is 17.4 Å². The number of benzene rings is 2. The smallest absolute Gasteiger partial charge is 0.123 e. The molecule has 0 atom stereocenters. The zero-order valence-corrected chi connectivity index (χ0v) is 13.2. The third-order valence-electron chi connectivity index (χ3n) is 3.76. The molecule has 0 aliphatic carbocycles. The van der Waals surface area contributed by atoms with Crippen LogP contribution in [0.2, 0.25) is 0 Å². The molecule has 1 heterocycles. The molecule has 1 fully saturated rings. The van der Waals surface area contributed by atoms with E-state index in [1.807, 2.05) is 12.1 Å². The molecule has 0 saturated carbocycles. The Morgan fingerprint density at radius 3 is 2.50 bits per heavy atom. The fourth-order valence-corrected chi connectivity index (χ4v) is 3.51. The van der Waals surface area contributed by atoms with Crippen molar-refractivity contribution in [2.75, 3.05) is 31.1 Å². The average Bonchev–Trinajstić information content (AvgIpc) is 2.58. The minimum Gasteiger partial charge on any atom is -0.368 e. The van der Waals surface area contributed by atoms with E-state index < -0.39 is 0 Å². The second-order valence-electron chi connectivity index (χ2n) is 5.30. The van der Waals surface area contributed by atoms with Crippen LogP contribution in [0.5, 0.6) is 0 Å². The monoisotopic (exact) mass is 317 g/mol. The van der Waals surface area contributed by atoms with Crippen LogP contribution in [-0.4, -0.2) is 26.2 Å². The molecule has 2 aromatic carbocycles. The predicted molar refractivity (Wildman–Crippen MR) is 89.9 cm³/mol. The first-order valence-electron chi connectivity index (χ1n) is 7.48. The summed E-state index contributed by atoms with van der Waals surface area (Å²) in [5.41, 5.74) is 8.15. The van der Waals surface area contributed by atoms with E-state index in [9.17, 15) is 4.39 Å². The lowest BCUT2D eigenvalue weighted by atomic mass is 10.1. The van der Waals surface area contributed by atoms with Gasteiger partial charge in [0, 0.05) is 42.5 Å². The zero-order chi connectivity index (χ0) is 15.4.